The largest absolute Gasteiger partial charge is 0.496 e. The molecule has 94 valence electrons. The summed E-state index contributed by atoms with van der Waals surface area (Å²) in [6.45, 7) is 3.55. The van der Waals surface area contributed by atoms with Gasteiger partial charge < -0.3 is 15.2 Å². The first kappa shape index (κ1) is 12.9. The molecule has 0 aromatic heterocycles. The maximum absolute atomic E-state index is 5.93. The lowest BCUT2D eigenvalue weighted by molar-refractivity contribution is -0.0665. The van der Waals surface area contributed by atoms with E-state index in [1.165, 1.54) is 5.56 Å². The maximum Gasteiger partial charge on any atom is 0.133 e. The number of rotatable bonds is 4. The van der Waals surface area contributed by atoms with E-state index in [4.69, 9.17) is 15.2 Å². The topological polar surface area (TPSA) is 44.5 Å². The Kier molecular flexibility index (Phi) is 3.76. The fraction of sp³-hybridized carbons (Fsp3) is 0.538. The van der Waals surface area contributed by atoms with Gasteiger partial charge in [-0.1, -0.05) is 6.07 Å². The van der Waals surface area contributed by atoms with Gasteiger partial charge in [0.05, 0.1) is 24.8 Å². The minimum absolute atomic E-state index is 0.0863. The van der Waals surface area contributed by atoms with E-state index in [1.807, 2.05) is 13.0 Å². The van der Waals surface area contributed by atoms with Crippen molar-refractivity contribution >= 4 is 15.9 Å². The lowest BCUT2D eigenvalue weighted by Crippen LogP contribution is -2.49. The Morgan fingerprint density at radius 2 is 2.24 bits per heavy atom. The molecule has 1 aliphatic heterocycles. The molecule has 0 amide bonds. The summed E-state index contributed by atoms with van der Waals surface area (Å²) in [7, 11) is 1.67. The number of benzene rings is 1. The van der Waals surface area contributed by atoms with Gasteiger partial charge in [-0.3, -0.25) is 0 Å². The highest BCUT2D eigenvalue weighted by Gasteiger charge is 2.41. The Morgan fingerprint density at radius 1 is 1.53 bits per heavy atom. The van der Waals surface area contributed by atoms with Crippen LogP contribution in [0.4, 0.5) is 0 Å². The summed E-state index contributed by atoms with van der Waals surface area (Å²) in [6, 6.07) is 6.39. The van der Waals surface area contributed by atoms with Crippen molar-refractivity contribution in [2.75, 3.05) is 20.3 Å². The van der Waals surface area contributed by atoms with E-state index >= 15 is 0 Å². The molecule has 1 aromatic rings. The molecule has 2 rings (SSSR count). The highest BCUT2D eigenvalue weighted by molar-refractivity contribution is 9.10. The Labute approximate surface area is 110 Å². The van der Waals surface area contributed by atoms with Crippen molar-refractivity contribution < 1.29 is 9.47 Å². The number of hydrogen-bond acceptors (Lipinski definition) is 3. The molecule has 0 spiro atoms. The molecule has 1 aromatic carbocycles. The van der Waals surface area contributed by atoms with Crippen LogP contribution < -0.4 is 10.5 Å². The van der Waals surface area contributed by atoms with Crippen molar-refractivity contribution in [2.45, 2.75) is 24.8 Å². The molecular weight excluding hydrogens is 282 g/mol. The van der Waals surface area contributed by atoms with Gasteiger partial charge in [0.25, 0.3) is 0 Å². The molecule has 1 atom stereocenters. The van der Waals surface area contributed by atoms with Gasteiger partial charge in [-0.25, -0.2) is 0 Å². The summed E-state index contributed by atoms with van der Waals surface area (Å²) in [5.41, 5.74) is 7.29. The van der Waals surface area contributed by atoms with Gasteiger partial charge in [0.1, 0.15) is 5.75 Å². The molecular formula is C13H18BrNO2. The standard InChI is InChI=1S/C13H18BrNO2/c1-9(15)6-13(7-17-8-13)10-3-4-12(16-2)11(14)5-10/h3-5,9H,6-8,15H2,1-2H3. The zero-order valence-electron chi connectivity index (χ0n) is 10.2. The molecule has 2 N–H and O–H groups in total. The van der Waals surface area contributed by atoms with Crippen molar-refractivity contribution in [3.05, 3.63) is 28.2 Å². The van der Waals surface area contributed by atoms with Gasteiger partial charge in [-0.05, 0) is 47.0 Å². The molecule has 1 fully saturated rings. The van der Waals surface area contributed by atoms with Crippen LogP contribution in [-0.4, -0.2) is 26.4 Å². The molecule has 0 bridgehead atoms. The predicted octanol–water partition coefficient (Wildman–Crippen LogP) is 2.46. The third-order valence-electron chi connectivity index (χ3n) is 3.23. The van der Waals surface area contributed by atoms with E-state index in [0.717, 1.165) is 29.9 Å². The van der Waals surface area contributed by atoms with Crippen LogP contribution in [0, 0.1) is 0 Å². The first-order valence-corrected chi connectivity index (χ1v) is 6.54. The van der Waals surface area contributed by atoms with Crippen LogP contribution in [0.3, 0.4) is 0 Å². The Morgan fingerprint density at radius 3 is 2.65 bits per heavy atom. The molecule has 1 unspecified atom stereocenters. The third-order valence-corrected chi connectivity index (χ3v) is 3.85. The van der Waals surface area contributed by atoms with Crippen LogP contribution in [-0.2, 0) is 10.2 Å². The average Bonchev–Trinajstić information content (AvgIpc) is 2.23. The minimum Gasteiger partial charge on any atom is -0.496 e. The second kappa shape index (κ2) is 4.96. The highest BCUT2D eigenvalue weighted by Crippen LogP contribution is 2.39. The lowest BCUT2D eigenvalue weighted by atomic mass is 9.74. The summed E-state index contributed by atoms with van der Waals surface area (Å²) in [6.07, 6.45) is 0.950. The van der Waals surface area contributed by atoms with Gasteiger partial charge in [0.15, 0.2) is 0 Å². The fourth-order valence-corrected chi connectivity index (χ4v) is 2.90. The summed E-state index contributed by atoms with van der Waals surface area (Å²) in [5.74, 6) is 0.852. The van der Waals surface area contributed by atoms with Crippen LogP contribution in [0.5, 0.6) is 5.75 Å². The maximum atomic E-state index is 5.93. The third kappa shape index (κ3) is 2.49. The van der Waals surface area contributed by atoms with Crippen LogP contribution in [0.2, 0.25) is 0 Å². The van der Waals surface area contributed by atoms with Crippen molar-refractivity contribution in [1.29, 1.82) is 0 Å². The summed E-state index contributed by atoms with van der Waals surface area (Å²) < 4.78 is 11.6. The molecule has 1 heterocycles. The zero-order valence-corrected chi connectivity index (χ0v) is 11.8. The fourth-order valence-electron chi connectivity index (χ4n) is 2.36. The van der Waals surface area contributed by atoms with E-state index < -0.39 is 0 Å². The highest BCUT2D eigenvalue weighted by atomic mass is 79.9. The predicted molar refractivity (Wildman–Crippen MR) is 71.5 cm³/mol. The van der Waals surface area contributed by atoms with Crippen LogP contribution in [0.15, 0.2) is 22.7 Å². The quantitative estimate of drug-likeness (QED) is 0.929. The van der Waals surface area contributed by atoms with Crippen molar-refractivity contribution in [3.8, 4) is 5.75 Å². The smallest absolute Gasteiger partial charge is 0.133 e. The Hall–Kier alpha value is -0.580. The van der Waals surface area contributed by atoms with Gasteiger partial charge in [-0.15, -0.1) is 0 Å². The molecule has 3 nitrogen and oxygen atoms in total. The number of hydrogen-bond donors (Lipinski definition) is 1. The molecule has 17 heavy (non-hydrogen) atoms. The second-order valence-corrected chi connectivity index (χ2v) is 5.66. The summed E-state index contributed by atoms with van der Waals surface area (Å²) >= 11 is 3.52. The number of nitrogens with two attached hydrogens (primary N) is 1. The first-order chi connectivity index (χ1) is 8.07. The minimum atomic E-state index is 0.0863. The lowest BCUT2D eigenvalue weighted by Gasteiger charge is -2.43. The van der Waals surface area contributed by atoms with E-state index in [0.29, 0.717) is 0 Å². The van der Waals surface area contributed by atoms with Crippen LogP contribution in [0.1, 0.15) is 18.9 Å². The van der Waals surface area contributed by atoms with Gasteiger partial charge in [0.2, 0.25) is 0 Å². The second-order valence-electron chi connectivity index (χ2n) is 4.80. The number of halogens is 1. The molecule has 1 saturated heterocycles. The average molecular weight is 300 g/mol. The molecule has 0 aliphatic carbocycles. The van der Waals surface area contributed by atoms with Crippen LogP contribution >= 0.6 is 15.9 Å². The van der Waals surface area contributed by atoms with E-state index in [2.05, 4.69) is 28.1 Å². The molecule has 4 heteroatoms. The van der Waals surface area contributed by atoms with E-state index in [-0.39, 0.29) is 11.5 Å². The van der Waals surface area contributed by atoms with Crippen LogP contribution in [0.25, 0.3) is 0 Å². The summed E-state index contributed by atoms with van der Waals surface area (Å²) in [4.78, 5) is 0. The Balaban J connectivity index is 2.28. The molecule has 0 radical (unpaired) electrons. The molecule has 0 saturated carbocycles. The molecule has 1 aliphatic rings. The monoisotopic (exact) mass is 299 g/mol. The van der Waals surface area contributed by atoms with E-state index in [1.54, 1.807) is 7.11 Å². The van der Waals surface area contributed by atoms with Crippen molar-refractivity contribution in [1.82, 2.24) is 0 Å². The van der Waals surface area contributed by atoms with E-state index in [9.17, 15) is 0 Å². The first-order valence-electron chi connectivity index (χ1n) is 5.75. The normalized spacial score (nSPS) is 19.5. The van der Waals surface area contributed by atoms with Gasteiger partial charge in [0, 0.05) is 11.5 Å². The number of methoxy groups -OCH3 is 1. The number of ether oxygens (including phenoxy) is 2. The zero-order chi connectivity index (χ0) is 12.5. The Bertz CT molecular complexity index is 402. The SMILES string of the molecule is COc1ccc(C2(CC(C)N)COC2)cc1Br. The van der Waals surface area contributed by atoms with Gasteiger partial charge in [-0.2, -0.15) is 0 Å². The van der Waals surface area contributed by atoms with Crippen molar-refractivity contribution in [3.63, 3.8) is 0 Å². The van der Waals surface area contributed by atoms with Gasteiger partial charge >= 0.3 is 0 Å². The summed E-state index contributed by atoms with van der Waals surface area (Å²) in [5, 5.41) is 0. The van der Waals surface area contributed by atoms with Crippen molar-refractivity contribution in [2.24, 2.45) is 5.73 Å².